The third-order valence-corrected chi connectivity index (χ3v) is 4.03. The van der Waals surface area contributed by atoms with Crippen molar-refractivity contribution in [3.05, 3.63) is 63.7 Å². The van der Waals surface area contributed by atoms with Crippen LogP contribution in [0, 0.1) is 10.1 Å². The Kier molecular flexibility index (Phi) is 7.70. The second kappa shape index (κ2) is 10.9. The van der Waals surface area contributed by atoms with Crippen LogP contribution in [0.2, 0.25) is 0 Å². The second-order valence-corrected chi connectivity index (χ2v) is 6.13. The van der Waals surface area contributed by atoms with Gasteiger partial charge in [-0.15, -0.1) is 0 Å². The number of nitrogens with zero attached hydrogens (tertiary/aromatic N) is 2. The van der Waals surface area contributed by atoms with E-state index in [1.807, 2.05) is 0 Å². The molecule has 1 aliphatic rings. The van der Waals surface area contributed by atoms with Gasteiger partial charge in [0.25, 0.3) is 11.6 Å². The Morgan fingerprint density at radius 1 is 0.933 bits per heavy atom. The first-order valence-corrected chi connectivity index (χ1v) is 9.26. The highest BCUT2D eigenvalue weighted by Crippen LogP contribution is 2.28. The number of ether oxygens (including phenoxy) is 4. The molecule has 158 valence electrons. The molecule has 0 unspecified atom stereocenters. The lowest BCUT2D eigenvalue weighted by Crippen LogP contribution is -2.17. The number of nitro benzene ring substituents is 1. The fraction of sp³-hybridized carbons (Fsp3) is 0.300. The van der Waals surface area contributed by atoms with E-state index < -0.39 is 10.8 Å². The van der Waals surface area contributed by atoms with Crippen molar-refractivity contribution in [1.82, 2.24) is 5.43 Å². The number of hydrogen-bond donors (Lipinski definition) is 1. The minimum Gasteiger partial charge on any atom is -0.487 e. The zero-order valence-electron chi connectivity index (χ0n) is 16.1. The van der Waals surface area contributed by atoms with Gasteiger partial charge in [-0.05, 0) is 35.9 Å². The van der Waals surface area contributed by atoms with Gasteiger partial charge in [-0.3, -0.25) is 14.9 Å². The minimum absolute atomic E-state index is 0.0900. The van der Waals surface area contributed by atoms with E-state index in [9.17, 15) is 14.9 Å². The molecule has 0 atom stereocenters. The predicted octanol–water partition coefficient (Wildman–Crippen LogP) is 2.16. The van der Waals surface area contributed by atoms with Crippen LogP contribution in [0.15, 0.2) is 47.6 Å². The maximum Gasteiger partial charge on any atom is 0.271 e. The summed E-state index contributed by atoms with van der Waals surface area (Å²) in [5.41, 5.74) is 3.24. The first-order chi connectivity index (χ1) is 14.6. The summed E-state index contributed by atoms with van der Waals surface area (Å²) >= 11 is 0. The molecule has 2 aromatic carbocycles. The quantitative estimate of drug-likeness (QED) is 0.461. The molecule has 1 heterocycles. The van der Waals surface area contributed by atoms with Gasteiger partial charge >= 0.3 is 0 Å². The number of nitro groups is 1. The van der Waals surface area contributed by atoms with Crippen LogP contribution < -0.4 is 14.9 Å². The van der Waals surface area contributed by atoms with Gasteiger partial charge in [0, 0.05) is 17.7 Å². The van der Waals surface area contributed by atoms with Gasteiger partial charge < -0.3 is 18.9 Å². The van der Waals surface area contributed by atoms with E-state index in [1.165, 1.54) is 30.5 Å². The monoisotopic (exact) mass is 415 g/mol. The maximum absolute atomic E-state index is 12.1. The summed E-state index contributed by atoms with van der Waals surface area (Å²) < 4.78 is 22.2. The number of amides is 1. The highest BCUT2D eigenvalue weighted by molar-refractivity contribution is 5.95. The molecule has 0 saturated heterocycles. The van der Waals surface area contributed by atoms with Crippen molar-refractivity contribution in [2.75, 3.05) is 39.6 Å². The summed E-state index contributed by atoms with van der Waals surface area (Å²) in [6.07, 6.45) is 1.46. The zero-order valence-corrected chi connectivity index (χ0v) is 16.1. The first kappa shape index (κ1) is 21.2. The summed E-state index contributed by atoms with van der Waals surface area (Å²) in [6.45, 7) is 2.62. The number of hydrazone groups is 1. The molecular formula is C20H21N3O7. The molecule has 1 aliphatic heterocycles. The molecule has 2 aromatic rings. The largest absolute Gasteiger partial charge is 0.487 e. The van der Waals surface area contributed by atoms with E-state index in [1.54, 1.807) is 18.2 Å². The van der Waals surface area contributed by atoms with E-state index in [4.69, 9.17) is 18.9 Å². The standard InChI is InChI=1S/C20H21N3O7/c24-20(16-2-4-17(5-3-16)23(25)26)22-21-14-15-1-6-18-19(13-15)30-12-10-28-8-7-27-9-11-29-18/h1-6,13-14H,7-12H2,(H,22,24)/b21-14-. The Hall–Kier alpha value is -3.50. The van der Waals surface area contributed by atoms with Crippen LogP contribution in [0.3, 0.4) is 0 Å². The number of benzene rings is 2. The van der Waals surface area contributed by atoms with Crippen LogP contribution in [0.5, 0.6) is 11.5 Å². The molecule has 0 fully saturated rings. The van der Waals surface area contributed by atoms with Gasteiger partial charge in [0.15, 0.2) is 11.5 Å². The first-order valence-electron chi connectivity index (χ1n) is 9.26. The molecule has 0 radical (unpaired) electrons. The Labute approximate surface area is 172 Å². The molecule has 10 heteroatoms. The molecule has 0 saturated carbocycles. The number of carbonyl (C=O) groups is 1. The normalized spacial score (nSPS) is 15.1. The average molecular weight is 415 g/mol. The summed E-state index contributed by atoms with van der Waals surface area (Å²) in [6, 6.07) is 10.5. The Morgan fingerprint density at radius 2 is 1.57 bits per heavy atom. The van der Waals surface area contributed by atoms with Crippen molar-refractivity contribution >= 4 is 17.8 Å². The van der Waals surface area contributed by atoms with Crippen LogP contribution in [0.1, 0.15) is 15.9 Å². The lowest BCUT2D eigenvalue weighted by molar-refractivity contribution is -0.384. The summed E-state index contributed by atoms with van der Waals surface area (Å²) in [7, 11) is 0. The number of fused-ring (bicyclic) bond motifs is 1. The molecule has 0 aromatic heterocycles. The van der Waals surface area contributed by atoms with Gasteiger partial charge in [-0.25, -0.2) is 5.43 Å². The van der Waals surface area contributed by atoms with Gasteiger partial charge in [-0.2, -0.15) is 5.10 Å². The minimum atomic E-state index is -0.530. The lowest BCUT2D eigenvalue weighted by atomic mass is 10.2. The van der Waals surface area contributed by atoms with Gasteiger partial charge in [-0.1, -0.05) is 0 Å². The van der Waals surface area contributed by atoms with Gasteiger partial charge in [0.05, 0.1) is 37.6 Å². The third kappa shape index (κ3) is 6.26. The van der Waals surface area contributed by atoms with Crippen molar-refractivity contribution < 1.29 is 28.7 Å². The number of nitrogens with one attached hydrogen (secondary N) is 1. The fourth-order valence-corrected chi connectivity index (χ4v) is 2.54. The topological polar surface area (TPSA) is 122 Å². The fourth-order valence-electron chi connectivity index (χ4n) is 2.54. The lowest BCUT2D eigenvalue weighted by Gasteiger charge is -2.15. The van der Waals surface area contributed by atoms with Crippen LogP contribution >= 0.6 is 0 Å². The van der Waals surface area contributed by atoms with E-state index >= 15 is 0 Å². The van der Waals surface area contributed by atoms with Gasteiger partial charge in [0.1, 0.15) is 13.2 Å². The van der Waals surface area contributed by atoms with Gasteiger partial charge in [0.2, 0.25) is 0 Å². The van der Waals surface area contributed by atoms with E-state index in [0.29, 0.717) is 56.7 Å². The molecular weight excluding hydrogens is 394 g/mol. The zero-order chi connectivity index (χ0) is 21.2. The van der Waals surface area contributed by atoms with E-state index in [2.05, 4.69) is 10.5 Å². The third-order valence-electron chi connectivity index (χ3n) is 4.03. The molecule has 30 heavy (non-hydrogen) atoms. The van der Waals surface area contributed by atoms with Crippen molar-refractivity contribution in [3.8, 4) is 11.5 Å². The molecule has 3 rings (SSSR count). The summed E-state index contributed by atoms with van der Waals surface area (Å²) in [4.78, 5) is 22.2. The summed E-state index contributed by atoms with van der Waals surface area (Å²) in [5.74, 6) is 0.625. The van der Waals surface area contributed by atoms with Crippen LogP contribution in [0.4, 0.5) is 5.69 Å². The van der Waals surface area contributed by atoms with Crippen molar-refractivity contribution in [1.29, 1.82) is 0 Å². The number of non-ortho nitro benzene ring substituents is 1. The molecule has 1 amide bonds. The molecule has 0 aliphatic carbocycles. The van der Waals surface area contributed by atoms with Crippen molar-refractivity contribution in [2.45, 2.75) is 0 Å². The second-order valence-electron chi connectivity index (χ2n) is 6.13. The van der Waals surface area contributed by atoms with E-state index in [-0.39, 0.29) is 11.3 Å². The van der Waals surface area contributed by atoms with Crippen LogP contribution in [0.25, 0.3) is 0 Å². The molecule has 10 nitrogen and oxygen atoms in total. The Bertz CT molecular complexity index is 900. The Balaban J connectivity index is 1.62. The van der Waals surface area contributed by atoms with Crippen molar-refractivity contribution in [3.63, 3.8) is 0 Å². The van der Waals surface area contributed by atoms with E-state index in [0.717, 1.165) is 0 Å². The molecule has 0 bridgehead atoms. The van der Waals surface area contributed by atoms with Crippen molar-refractivity contribution in [2.24, 2.45) is 5.10 Å². The number of carbonyl (C=O) groups excluding carboxylic acids is 1. The smallest absolute Gasteiger partial charge is 0.271 e. The van der Waals surface area contributed by atoms with Crippen LogP contribution in [-0.2, 0) is 9.47 Å². The highest BCUT2D eigenvalue weighted by Gasteiger charge is 2.10. The number of hydrogen-bond acceptors (Lipinski definition) is 8. The predicted molar refractivity (Wildman–Crippen MR) is 107 cm³/mol. The number of rotatable bonds is 4. The summed E-state index contributed by atoms with van der Waals surface area (Å²) in [5, 5.41) is 14.6. The SMILES string of the molecule is O=C(N/N=C\c1ccc2c(c1)OCCOCCOCCO2)c1ccc([N+](=O)[O-])cc1. The Morgan fingerprint density at radius 3 is 2.23 bits per heavy atom. The molecule has 1 N–H and O–H groups in total. The highest BCUT2D eigenvalue weighted by atomic mass is 16.6. The molecule has 0 spiro atoms. The maximum atomic E-state index is 12.1. The van der Waals surface area contributed by atoms with Crippen LogP contribution in [-0.4, -0.2) is 56.7 Å². The average Bonchev–Trinajstić information content (AvgIpc) is 2.74.